The highest BCUT2D eigenvalue weighted by Gasteiger charge is 2.15. The highest BCUT2D eigenvalue weighted by Crippen LogP contribution is 2.16. The van der Waals surface area contributed by atoms with Gasteiger partial charge in [0.25, 0.3) is 0 Å². The Balaban J connectivity index is 0.00000242. The van der Waals surface area contributed by atoms with E-state index in [1.807, 2.05) is 18.2 Å². The number of nitrogens with one attached hydrogen (secondary N) is 1. The van der Waals surface area contributed by atoms with Crippen LogP contribution in [0.25, 0.3) is 0 Å². The summed E-state index contributed by atoms with van der Waals surface area (Å²) >= 11 is 0. The molecule has 22 heavy (non-hydrogen) atoms. The van der Waals surface area contributed by atoms with Gasteiger partial charge in [-0.2, -0.15) is 0 Å². The van der Waals surface area contributed by atoms with E-state index in [0.717, 1.165) is 19.3 Å². The third kappa shape index (κ3) is 5.33. The van der Waals surface area contributed by atoms with Crippen molar-refractivity contribution in [3.05, 3.63) is 60.2 Å². The van der Waals surface area contributed by atoms with Crippen LogP contribution in [0.4, 0.5) is 5.69 Å². The van der Waals surface area contributed by atoms with Gasteiger partial charge in [0.05, 0.1) is 5.69 Å². The third-order valence-electron chi connectivity index (χ3n) is 3.24. The van der Waals surface area contributed by atoms with Crippen LogP contribution in [0.2, 0.25) is 0 Å². The third-order valence-corrected chi connectivity index (χ3v) is 4.77. The molecule has 120 valence electrons. The van der Waals surface area contributed by atoms with Gasteiger partial charge in [-0.3, -0.25) is 0 Å². The number of sulfonamides is 1. The first-order valence-electron chi connectivity index (χ1n) is 6.98. The van der Waals surface area contributed by atoms with E-state index in [2.05, 4.69) is 16.9 Å². The van der Waals surface area contributed by atoms with Gasteiger partial charge in [0.15, 0.2) is 0 Å². The largest absolute Gasteiger partial charge is 0.398 e. The van der Waals surface area contributed by atoms with Crippen molar-refractivity contribution in [3.63, 3.8) is 0 Å². The first-order valence-corrected chi connectivity index (χ1v) is 8.46. The zero-order chi connectivity index (χ0) is 15.1. The fourth-order valence-corrected chi connectivity index (χ4v) is 3.31. The van der Waals surface area contributed by atoms with Crippen molar-refractivity contribution in [2.75, 3.05) is 12.3 Å². The molecule has 0 aliphatic heterocycles. The molecule has 0 radical (unpaired) electrons. The van der Waals surface area contributed by atoms with Crippen molar-refractivity contribution < 1.29 is 8.42 Å². The minimum atomic E-state index is -3.51. The Bertz CT molecular complexity index is 676. The summed E-state index contributed by atoms with van der Waals surface area (Å²) in [7, 11) is -3.51. The van der Waals surface area contributed by atoms with Crippen molar-refractivity contribution in [1.82, 2.24) is 4.72 Å². The first kappa shape index (κ1) is 18.5. The molecule has 0 amide bonds. The lowest BCUT2D eigenvalue weighted by molar-refractivity contribution is 0.577. The molecule has 2 aromatic rings. The molecule has 0 spiro atoms. The summed E-state index contributed by atoms with van der Waals surface area (Å²) in [5.41, 5.74) is 7.24. The molecule has 0 saturated heterocycles. The zero-order valence-electron chi connectivity index (χ0n) is 12.2. The summed E-state index contributed by atoms with van der Waals surface area (Å²) in [4.78, 5) is 0.146. The molecule has 0 aliphatic carbocycles. The summed E-state index contributed by atoms with van der Waals surface area (Å²) in [5.74, 6) is 0. The summed E-state index contributed by atoms with van der Waals surface area (Å²) in [6, 6.07) is 16.7. The number of para-hydroxylation sites is 1. The Morgan fingerprint density at radius 1 is 0.909 bits per heavy atom. The lowest BCUT2D eigenvalue weighted by Gasteiger charge is -2.08. The van der Waals surface area contributed by atoms with Crippen LogP contribution in [-0.4, -0.2) is 15.0 Å². The molecule has 0 aliphatic rings. The number of aryl methyl sites for hydroxylation is 1. The number of rotatable bonds is 7. The molecule has 0 aromatic heterocycles. The average molecular weight is 341 g/mol. The number of halogens is 1. The maximum absolute atomic E-state index is 12.1. The molecule has 4 nitrogen and oxygen atoms in total. The summed E-state index contributed by atoms with van der Waals surface area (Å²) < 4.78 is 26.8. The van der Waals surface area contributed by atoms with Crippen LogP contribution in [0.5, 0.6) is 0 Å². The predicted octanol–water partition coefficient (Wildman–Crippen LogP) is 2.99. The van der Waals surface area contributed by atoms with Crippen LogP contribution >= 0.6 is 12.4 Å². The maximum atomic E-state index is 12.1. The number of anilines is 1. The lowest BCUT2D eigenvalue weighted by atomic mass is 10.1. The highest BCUT2D eigenvalue weighted by molar-refractivity contribution is 7.89. The van der Waals surface area contributed by atoms with Gasteiger partial charge in [-0.1, -0.05) is 42.5 Å². The minimum Gasteiger partial charge on any atom is -0.398 e. The zero-order valence-corrected chi connectivity index (χ0v) is 13.9. The Morgan fingerprint density at radius 3 is 2.23 bits per heavy atom. The summed E-state index contributed by atoms with van der Waals surface area (Å²) in [5, 5.41) is 0. The van der Waals surface area contributed by atoms with Gasteiger partial charge < -0.3 is 5.73 Å². The van der Waals surface area contributed by atoms with E-state index in [1.54, 1.807) is 18.2 Å². The van der Waals surface area contributed by atoms with E-state index < -0.39 is 10.0 Å². The molecule has 0 unspecified atom stereocenters. The van der Waals surface area contributed by atoms with Crippen molar-refractivity contribution in [2.45, 2.75) is 24.2 Å². The van der Waals surface area contributed by atoms with Crippen LogP contribution in [0.1, 0.15) is 18.4 Å². The number of unbranched alkanes of at least 4 members (excludes halogenated alkanes) is 1. The van der Waals surface area contributed by atoms with E-state index in [1.165, 1.54) is 11.6 Å². The molecule has 0 bridgehead atoms. The first-order chi connectivity index (χ1) is 10.1. The quantitative estimate of drug-likeness (QED) is 0.601. The van der Waals surface area contributed by atoms with Gasteiger partial charge in [-0.25, -0.2) is 13.1 Å². The van der Waals surface area contributed by atoms with Gasteiger partial charge in [0.1, 0.15) is 4.90 Å². The van der Waals surface area contributed by atoms with Gasteiger partial charge >= 0.3 is 0 Å². The molecular weight excluding hydrogens is 320 g/mol. The Kier molecular flexibility index (Phi) is 7.38. The molecule has 0 saturated carbocycles. The van der Waals surface area contributed by atoms with Crippen LogP contribution in [-0.2, 0) is 16.4 Å². The topological polar surface area (TPSA) is 72.2 Å². The van der Waals surface area contributed by atoms with E-state index in [4.69, 9.17) is 5.73 Å². The van der Waals surface area contributed by atoms with Crippen molar-refractivity contribution in [3.8, 4) is 0 Å². The van der Waals surface area contributed by atoms with Crippen molar-refractivity contribution in [1.29, 1.82) is 0 Å². The minimum absolute atomic E-state index is 0. The van der Waals surface area contributed by atoms with E-state index >= 15 is 0 Å². The fourth-order valence-electron chi connectivity index (χ4n) is 2.11. The van der Waals surface area contributed by atoms with Crippen molar-refractivity contribution in [2.24, 2.45) is 0 Å². The average Bonchev–Trinajstić information content (AvgIpc) is 2.48. The molecule has 3 N–H and O–H groups in total. The normalized spacial score (nSPS) is 10.9. The van der Waals surface area contributed by atoms with Crippen molar-refractivity contribution >= 4 is 28.1 Å². The molecule has 0 heterocycles. The Labute approximate surface area is 138 Å². The fraction of sp³-hybridized carbons (Fsp3) is 0.250. The molecule has 2 rings (SSSR count). The molecule has 0 fully saturated rings. The van der Waals surface area contributed by atoms with E-state index in [9.17, 15) is 8.42 Å². The number of nitrogens with two attached hydrogens (primary N) is 1. The van der Waals surface area contributed by atoms with Crippen LogP contribution in [0, 0.1) is 0 Å². The summed E-state index contributed by atoms with van der Waals surface area (Å²) in [6.07, 6.45) is 2.69. The molecular formula is C16H21ClN2O2S. The van der Waals surface area contributed by atoms with Crippen LogP contribution < -0.4 is 10.5 Å². The second-order valence-electron chi connectivity index (χ2n) is 4.88. The Hall–Kier alpha value is -1.56. The molecule has 0 atom stereocenters. The van der Waals surface area contributed by atoms with E-state index in [0.29, 0.717) is 6.54 Å². The number of benzene rings is 2. The highest BCUT2D eigenvalue weighted by atomic mass is 35.5. The van der Waals surface area contributed by atoms with Gasteiger partial charge in [0, 0.05) is 6.54 Å². The maximum Gasteiger partial charge on any atom is 0.242 e. The second-order valence-corrected chi connectivity index (χ2v) is 6.61. The Morgan fingerprint density at radius 2 is 1.55 bits per heavy atom. The van der Waals surface area contributed by atoms with Crippen LogP contribution in [0.15, 0.2) is 59.5 Å². The summed E-state index contributed by atoms with van der Waals surface area (Å²) in [6.45, 7) is 0.420. The van der Waals surface area contributed by atoms with Gasteiger partial charge in [-0.15, -0.1) is 12.4 Å². The number of nitrogen functional groups attached to an aromatic ring is 1. The second kappa shape index (κ2) is 8.78. The number of hydrogen-bond acceptors (Lipinski definition) is 3. The van der Waals surface area contributed by atoms with Gasteiger partial charge in [0.2, 0.25) is 10.0 Å². The monoisotopic (exact) mass is 340 g/mol. The molecule has 6 heteroatoms. The van der Waals surface area contributed by atoms with Gasteiger partial charge in [-0.05, 0) is 37.0 Å². The standard InChI is InChI=1S/C16H20N2O2S.ClH/c17-15-11-4-5-12-16(15)21(19,20)18-13-7-6-10-14-8-2-1-3-9-14;/h1-5,8-9,11-12,18H,6-7,10,13,17H2;1H. The number of hydrogen-bond donors (Lipinski definition) is 2. The van der Waals surface area contributed by atoms with Crippen LogP contribution in [0.3, 0.4) is 0 Å². The molecule has 2 aromatic carbocycles. The predicted molar refractivity (Wildman–Crippen MR) is 92.7 cm³/mol. The smallest absolute Gasteiger partial charge is 0.242 e. The van der Waals surface area contributed by atoms with E-state index in [-0.39, 0.29) is 23.0 Å². The lowest BCUT2D eigenvalue weighted by Crippen LogP contribution is -2.25. The SMILES string of the molecule is Cl.Nc1ccccc1S(=O)(=O)NCCCCc1ccccc1.